The van der Waals surface area contributed by atoms with Gasteiger partial charge in [0.05, 0.1) is 17.0 Å². The SMILES string of the molecule is Cc1c(CO)cc(Cl)cc1S(=O)(=O)NCc1cncs1. The lowest BCUT2D eigenvalue weighted by atomic mass is 10.1. The molecule has 1 heterocycles. The van der Waals surface area contributed by atoms with E-state index in [1.165, 1.54) is 17.4 Å². The maximum Gasteiger partial charge on any atom is 0.241 e. The van der Waals surface area contributed by atoms with Gasteiger partial charge in [0.1, 0.15) is 0 Å². The molecule has 5 nitrogen and oxygen atoms in total. The van der Waals surface area contributed by atoms with Gasteiger partial charge in [0.25, 0.3) is 0 Å². The summed E-state index contributed by atoms with van der Waals surface area (Å²) in [6.45, 7) is 1.56. The number of aromatic nitrogens is 1. The molecule has 2 N–H and O–H groups in total. The molecule has 20 heavy (non-hydrogen) atoms. The average molecular weight is 333 g/mol. The molecule has 0 aliphatic heterocycles. The van der Waals surface area contributed by atoms with Crippen LogP contribution in [0.4, 0.5) is 0 Å². The minimum atomic E-state index is -3.69. The van der Waals surface area contributed by atoms with Crippen molar-refractivity contribution in [3.05, 3.63) is 44.9 Å². The molecule has 2 aromatic rings. The summed E-state index contributed by atoms with van der Waals surface area (Å²) in [5.74, 6) is 0. The second-order valence-corrected chi connectivity index (χ2v) is 7.28. The third kappa shape index (κ3) is 3.36. The zero-order valence-electron chi connectivity index (χ0n) is 10.6. The first-order valence-electron chi connectivity index (χ1n) is 5.71. The molecule has 1 aromatic heterocycles. The van der Waals surface area contributed by atoms with Gasteiger partial charge < -0.3 is 5.11 Å². The minimum Gasteiger partial charge on any atom is -0.392 e. The van der Waals surface area contributed by atoms with Gasteiger partial charge in [-0.1, -0.05) is 11.6 Å². The van der Waals surface area contributed by atoms with Crippen LogP contribution >= 0.6 is 22.9 Å². The van der Waals surface area contributed by atoms with Crippen LogP contribution in [0, 0.1) is 6.92 Å². The highest BCUT2D eigenvalue weighted by Crippen LogP contribution is 2.24. The van der Waals surface area contributed by atoms with Gasteiger partial charge in [0.2, 0.25) is 10.0 Å². The van der Waals surface area contributed by atoms with Crippen molar-refractivity contribution < 1.29 is 13.5 Å². The van der Waals surface area contributed by atoms with Crippen molar-refractivity contribution in [3.8, 4) is 0 Å². The van der Waals surface area contributed by atoms with E-state index in [9.17, 15) is 13.5 Å². The van der Waals surface area contributed by atoms with E-state index in [0.717, 1.165) is 4.88 Å². The first-order valence-corrected chi connectivity index (χ1v) is 8.45. The summed E-state index contributed by atoms with van der Waals surface area (Å²) in [6.07, 6.45) is 1.61. The lowest BCUT2D eigenvalue weighted by molar-refractivity contribution is 0.280. The predicted octanol–water partition coefficient (Wildman–Crippen LogP) is 2.08. The normalized spacial score (nSPS) is 11.8. The highest BCUT2D eigenvalue weighted by atomic mass is 35.5. The fourth-order valence-electron chi connectivity index (χ4n) is 1.72. The second-order valence-electron chi connectivity index (χ2n) is 4.14. The molecule has 0 spiro atoms. The molecule has 0 saturated carbocycles. The number of sulfonamides is 1. The Balaban J connectivity index is 2.31. The van der Waals surface area contributed by atoms with Crippen LogP contribution in [-0.2, 0) is 23.2 Å². The number of nitrogens with one attached hydrogen (secondary N) is 1. The number of benzene rings is 1. The fraction of sp³-hybridized carbons (Fsp3) is 0.250. The maximum absolute atomic E-state index is 12.3. The van der Waals surface area contributed by atoms with Crippen LogP contribution in [0.2, 0.25) is 5.02 Å². The maximum atomic E-state index is 12.3. The summed E-state index contributed by atoms with van der Waals surface area (Å²) in [5.41, 5.74) is 2.63. The topological polar surface area (TPSA) is 79.3 Å². The molecule has 0 aliphatic carbocycles. The first-order chi connectivity index (χ1) is 9.44. The largest absolute Gasteiger partial charge is 0.392 e. The fourth-order valence-corrected chi connectivity index (χ4v) is 3.97. The number of rotatable bonds is 5. The third-order valence-electron chi connectivity index (χ3n) is 2.81. The second kappa shape index (κ2) is 6.19. The van der Waals surface area contributed by atoms with Gasteiger partial charge in [-0.05, 0) is 30.2 Å². The number of aliphatic hydroxyl groups excluding tert-OH is 1. The van der Waals surface area contributed by atoms with Gasteiger partial charge in [0, 0.05) is 22.6 Å². The Bertz CT molecular complexity index is 700. The highest BCUT2D eigenvalue weighted by Gasteiger charge is 2.19. The van der Waals surface area contributed by atoms with Crippen LogP contribution in [-0.4, -0.2) is 18.5 Å². The molecule has 8 heteroatoms. The zero-order valence-corrected chi connectivity index (χ0v) is 13.0. The zero-order chi connectivity index (χ0) is 14.8. The summed E-state index contributed by atoms with van der Waals surface area (Å²) in [4.78, 5) is 4.78. The molecule has 0 saturated heterocycles. The molecule has 0 unspecified atom stereocenters. The van der Waals surface area contributed by atoms with Crippen molar-refractivity contribution >= 4 is 33.0 Å². The average Bonchev–Trinajstić information content (AvgIpc) is 2.92. The molecule has 0 fully saturated rings. The van der Waals surface area contributed by atoms with E-state index in [1.807, 2.05) is 0 Å². The van der Waals surface area contributed by atoms with Gasteiger partial charge >= 0.3 is 0 Å². The van der Waals surface area contributed by atoms with E-state index in [-0.39, 0.29) is 23.1 Å². The molecule has 0 aliphatic rings. The van der Waals surface area contributed by atoms with Gasteiger partial charge in [-0.15, -0.1) is 11.3 Å². The minimum absolute atomic E-state index is 0.0820. The van der Waals surface area contributed by atoms with Crippen molar-refractivity contribution in [2.75, 3.05) is 0 Å². The molecule has 0 radical (unpaired) electrons. The smallest absolute Gasteiger partial charge is 0.241 e. The van der Waals surface area contributed by atoms with Gasteiger partial charge in [0.15, 0.2) is 0 Å². The molecular weight excluding hydrogens is 320 g/mol. The van der Waals surface area contributed by atoms with Crippen LogP contribution in [0.3, 0.4) is 0 Å². The summed E-state index contributed by atoms with van der Waals surface area (Å²) in [6, 6.07) is 2.93. The lowest BCUT2D eigenvalue weighted by Gasteiger charge is -2.12. The van der Waals surface area contributed by atoms with Gasteiger partial charge in [-0.2, -0.15) is 0 Å². The molecule has 0 atom stereocenters. The number of halogens is 1. The Kier molecular flexibility index (Phi) is 4.77. The summed E-state index contributed by atoms with van der Waals surface area (Å²) in [5, 5.41) is 9.51. The van der Waals surface area contributed by atoms with E-state index in [4.69, 9.17) is 11.6 Å². The van der Waals surface area contributed by atoms with Crippen LogP contribution in [0.1, 0.15) is 16.0 Å². The summed E-state index contributed by atoms with van der Waals surface area (Å²) in [7, 11) is -3.69. The van der Waals surface area contributed by atoms with Crippen molar-refractivity contribution in [2.45, 2.75) is 25.0 Å². The van der Waals surface area contributed by atoms with Crippen molar-refractivity contribution in [1.82, 2.24) is 9.71 Å². The predicted molar refractivity (Wildman–Crippen MR) is 78.3 cm³/mol. The van der Waals surface area contributed by atoms with Crippen LogP contribution in [0.5, 0.6) is 0 Å². The standard InChI is InChI=1S/C12H13ClN2O3S2/c1-8-9(6-16)2-10(13)3-12(8)20(17,18)15-5-11-4-14-7-19-11/h2-4,7,15-16H,5-6H2,1H3. The van der Waals surface area contributed by atoms with Crippen LogP contribution < -0.4 is 4.72 Å². The van der Waals surface area contributed by atoms with Gasteiger partial charge in [-0.25, -0.2) is 13.1 Å². The Labute approximate surface area is 126 Å². The Morgan fingerprint density at radius 3 is 2.80 bits per heavy atom. The molecule has 108 valence electrons. The number of aliphatic hydroxyl groups is 1. The molecule has 0 bridgehead atoms. The first kappa shape index (κ1) is 15.4. The van der Waals surface area contributed by atoms with Crippen molar-refractivity contribution in [1.29, 1.82) is 0 Å². The monoisotopic (exact) mass is 332 g/mol. The summed E-state index contributed by atoms with van der Waals surface area (Å²) < 4.78 is 27.1. The van der Waals surface area contributed by atoms with Crippen LogP contribution in [0.25, 0.3) is 0 Å². The Morgan fingerprint density at radius 2 is 2.20 bits per heavy atom. The van der Waals surface area contributed by atoms with Crippen molar-refractivity contribution in [3.63, 3.8) is 0 Å². The molecule has 2 rings (SSSR count). The quantitative estimate of drug-likeness (QED) is 0.878. The Morgan fingerprint density at radius 1 is 1.45 bits per heavy atom. The summed E-state index contributed by atoms with van der Waals surface area (Å²) >= 11 is 7.26. The Hall–Kier alpha value is -0.990. The molecule has 1 aromatic carbocycles. The molecular formula is C12H13ClN2O3S2. The third-order valence-corrected chi connectivity index (χ3v) is 5.34. The van der Waals surface area contributed by atoms with E-state index >= 15 is 0 Å². The van der Waals surface area contributed by atoms with E-state index in [1.54, 1.807) is 24.7 Å². The number of thiazole rings is 1. The van der Waals surface area contributed by atoms with E-state index in [0.29, 0.717) is 11.1 Å². The van der Waals surface area contributed by atoms with E-state index in [2.05, 4.69) is 9.71 Å². The molecule has 0 amide bonds. The number of hydrogen-bond donors (Lipinski definition) is 2. The highest BCUT2D eigenvalue weighted by molar-refractivity contribution is 7.89. The number of hydrogen-bond acceptors (Lipinski definition) is 5. The lowest BCUT2D eigenvalue weighted by Crippen LogP contribution is -2.24. The van der Waals surface area contributed by atoms with Crippen LogP contribution in [0.15, 0.2) is 28.7 Å². The van der Waals surface area contributed by atoms with E-state index < -0.39 is 10.0 Å². The number of nitrogens with zero attached hydrogens (tertiary/aromatic N) is 1. The van der Waals surface area contributed by atoms with Gasteiger partial charge in [-0.3, -0.25) is 4.98 Å². The van der Waals surface area contributed by atoms with Crippen molar-refractivity contribution in [2.24, 2.45) is 0 Å².